The summed E-state index contributed by atoms with van der Waals surface area (Å²) in [7, 11) is 0. The standard InChI is InChI=1S/C16H27N5O3/c1-11(2)17-15(22)10-20-5-7-21(8-6-20)13(4)16(23)18-14-9-12(3)24-19-14/h9,11,13H,5-8,10H2,1-4H3,(H,17,22)(H,18,19,23). The number of anilines is 1. The van der Waals surface area contributed by atoms with Crippen molar-refractivity contribution in [3.05, 3.63) is 11.8 Å². The molecule has 2 rings (SSSR count). The Morgan fingerprint density at radius 1 is 1.25 bits per heavy atom. The Labute approximate surface area is 142 Å². The highest BCUT2D eigenvalue weighted by molar-refractivity contribution is 5.93. The maximum Gasteiger partial charge on any atom is 0.242 e. The fourth-order valence-electron chi connectivity index (χ4n) is 2.70. The molecule has 0 saturated carbocycles. The monoisotopic (exact) mass is 337 g/mol. The second-order valence-electron chi connectivity index (χ2n) is 6.52. The van der Waals surface area contributed by atoms with Crippen LogP contribution in [0.5, 0.6) is 0 Å². The average Bonchev–Trinajstić information content (AvgIpc) is 2.91. The van der Waals surface area contributed by atoms with Crippen molar-refractivity contribution in [1.29, 1.82) is 0 Å². The fraction of sp³-hybridized carbons (Fsp3) is 0.688. The second-order valence-corrected chi connectivity index (χ2v) is 6.52. The number of amides is 2. The second kappa shape index (κ2) is 8.25. The Bertz CT molecular complexity index is 564. The van der Waals surface area contributed by atoms with E-state index in [0.29, 0.717) is 18.1 Å². The lowest BCUT2D eigenvalue weighted by Crippen LogP contribution is -2.54. The molecule has 1 atom stereocenters. The van der Waals surface area contributed by atoms with E-state index >= 15 is 0 Å². The quantitative estimate of drug-likeness (QED) is 0.783. The van der Waals surface area contributed by atoms with Crippen LogP contribution < -0.4 is 10.6 Å². The van der Waals surface area contributed by atoms with Gasteiger partial charge in [0.05, 0.1) is 12.6 Å². The van der Waals surface area contributed by atoms with Crippen LogP contribution in [0.2, 0.25) is 0 Å². The van der Waals surface area contributed by atoms with E-state index in [1.165, 1.54) is 0 Å². The Morgan fingerprint density at radius 3 is 2.46 bits per heavy atom. The van der Waals surface area contributed by atoms with Gasteiger partial charge >= 0.3 is 0 Å². The maximum atomic E-state index is 12.3. The molecule has 1 aliphatic rings. The molecular weight excluding hydrogens is 310 g/mol. The summed E-state index contributed by atoms with van der Waals surface area (Å²) < 4.78 is 4.95. The Kier molecular flexibility index (Phi) is 6.33. The van der Waals surface area contributed by atoms with Crippen LogP contribution in [0.4, 0.5) is 5.82 Å². The zero-order valence-corrected chi connectivity index (χ0v) is 14.8. The molecule has 0 bridgehead atoms. The first-order valence-corrected chi connectivity index (χ1v) is 8.35. The predicted molar refractivity (Wildman–Crippen MR) is 90.6 cm³/mol. The molecule has 2 N–H and O–H groups in total. The Balaban J connectivity index is 1.76. The van der Waals surface area contributed by atoms with Gasteiger partial charge in [0, 0.05) is 38.3 Å². The van der Waals surface area contributed by atoms with E-state index in [1.807, 2.05) is 20.8 Å². The number of nitrogens with one attached hydrogen (secondary N) is 2. The van der Waals surface area contributed by atoms with Gasteiger partial charge in [0.1, 0.15) is 5.76 Å². The van der Waals surface area contributed by atoms with Crippen LogP contribution >= 0.6 is 0 Å². The zero-order chi connectivity index (χ0) is 17.7. The van der Waals surface area contributed by atoms with Crippen molar-refractivity contribution in [2.24, 2.45) is 0 Å². The van der Waals surface area contributed by atoms with Gasteiger partial charge in [-0.1, -0.05) is 5.16 Å². The van der Waals surface area contributed by atoms with Crippen molar-refractivity contribution < 1.29 is 14.1 Å². The summed E-state index contributed by atoms with van der Waals surface area (Å²) in [5, 5.41) is 9.43. The normalized spacial score (nSPS) is 17.7. The summed E-state index contributed by atoms with van der Waals surface area (Å²) in [5.41, 5.74) is 0. The van der Waals surface area contributed by atoms with Crippen LogP contribution in [0.15, 0.2) is 10.6 Å². The molecule has 134 valence electrons. The summed E-state index contributed by atoms with van der Waals surface area (Å²) in [6.45, 7) is 11.0. The van der Waals surface area contributed by atoms with Gasteiger partial charge in [-0.05, 0) is 27.7 Å². The molecule has 0 spiro atoms. The van der Waals surface area contributed by atoms with E-state index in [-0.39, 0.29) is 23.9 Å². The number of hydrogen-bond acceptors (Lipinski definition) is 6. The summed E-state index contributed by atoms with van der Waals surface area (Å²) in [6.07, 6.45) is 0. The van der Waals surface area contributed by atoms with Gasteiger partial charge in [-0.15, -0.1) is 0 Å². The van der Waals surface area contributed by atoms with Gasteiger partial charge in [0.25, 0.3) is 0 Å². The summed E-state index contributed by atoms with van der Waals surface area (Å²) >= 11 is 0. The van der Waals surface area contributed by atoms with E-state index < -0.39 is 0 Å². The third kappa shape index (κ3) is 5.31. The van der Waals surface area contributed by atoms with Gasteiger partial charge in [0.2, 0.25) is 11.8 Å². The minimum atomic E-state index is -0.256. The lowest BCUT2D eigenvalue weighted by atomic mass is 10.2. The van der Waals surface area contributed by atoms with Gasteiger partial charge in [-0.25, -0.2) is 0 Å². The molecule has 1 aromatic rings. The Hall–Kier alpha value is -1.93. The number of rotatable bonds is 6. The molecule has 0 radical (unpaired) electrons. The molecule has 1 aromatic heterocycles. The SMILES string of the molecule is Cc1cc(NC(=O)C(C)N2CCN(CC(=O)NC(C)C)CC2)no1. The first kappa shape index (κ1) is 18.4. The summed E-state index contributed by atoms with van der Waals surface area (Å²) in [5.74, 6) is 1.04. The molecule has 1 saturated heterocycles. The first-order chi connectivity index (χ1) is 11.3. The number of piperazine rings is 1. The molecule has 8 heteroatoms. The third-order valence-corrected chi connectivity index (χ3v) is 4.03. The highest BCUT2D eigenvalue weighted by Crippen LogP contribution is 2.11. The van der Waals surface area contributed by atoms with Crippen LogP contribution in [0.3, 0.4) is 0 Å². The largest absolute Gasteiger partial charge is 0.360 e. The lowest BCUT2D eigenvalue weighted by molar-refractivity contribution is -0.125. The number of carbonyl (C=O) groups is 2. The van der Waals surface area contributed by atoms with Gasteiger partial charge in [0.15, 0.2) is 5.82 Å². The van der Waals surface area contributed by atoms with Crippen LogP contribution in [0.1, 0.15) is 26.5 Å². The van der Waals surface area contributed by atoms with Gasteiger partial charge in [-0.2, -0.15) is 0 Å². The minimum absolute atomic E-state index is 0.0469. The van der Waals surface area contributed by atoms with Crippen LogP contribution in [0.25, 0.3) is 0 Å². The molecule has 1 fully saturated rings. The van der Waals surface area contributed by atoms with Crippen molar-refractivity contribution in [3.63, 3.8) is 0 Å². The number of hydrogen-bond donors (Lipinski definition) is 2. The number of nitrogens with zero attached hydrogens (tertiary/aromatic N) is 3. The third-order valence-electron chi connectivity index (χ3n) is 4.03. The Morgan fingerprint density at radius 2 is 1.92 bits per heavy atom. The van der Waals surface area contributed by atoms with E-state index in [0.717, 1.165) is 26.2 Å². The van der Waals surface area contributed by atoms with Gasteiger partial charge in [-0.3, -0.25) is 19.4 Å². The summed E-state index contributed by atoms with van der Waals surface area (Å²) in [4.78, 5) is 28.3. The van der Waals surface area contributed by atoms with E-state index in [2.05, 4.69) is 25.6 Å². The first-order valence-electron chi connectivity index (χ1n) is 8.35. The molecule has 0 aliphatic carbocycles. The van der Waals surface area contributed by atoms with Gasteiger partial charge < -0.3 is 15.2 Å². The highest BCUT2D eigenvalue weighted by atomic mass is 16.5. The zero-order valence-electron chi connectivity index (χ0n) is 14.8. The van der Waals surface area contributed by atoms with Crippen LogP contribution in [-0.2, 0) is 9.59 Å². The molecule has 1 unspecified atom stereocenters. The topological polar surface area (TPSA) is 90.7 Å². The van der Waals surface area contributed by atoms with Crippen molar-refractivity contribution in [2.75, 3.05) is 38.0 Å². The smallest absolute Gasteiger partial charge is 0.242 e. The number of aromatic nitrogens is 1. The number of aryl methyl sites for hydroxylation is 1. The van der Waals surface area contributed by atoms with Crippen molar-refractivity contribution in [3.8, 4) is 0 Å². The van der Waals surface area contributed by atoms with Crippen molar-refractivity contribution in [2.45, 2.75) is 39.8 Å². The minimum Gasteiger partial charge on any atom is -0.360 e. The molecule has 2 amide bonds. The summed E-state index contributed by atoms with van der Waals surface area (Å²) in [6, 6.07) is 1.59. The molecule has 0 aromatic carbocycles. The maximum absolute atomic E-state index is 12.3. The predicted octanol–water partition coefficient (Wildman–Crippen LogP) is 0.452. The fourth-order valence-corrected chi connectivity index (χ4v) is 2.70. The van der Waals surface area contributed by atoms with Crippen molar-refractivity contribution in [1.82, 2.24) is 20.3 Å². The van der Waals surface area contributed by atoms with E-state index in [9.17, 15) is 9.59 Å². The number of carbonyl (C=O) groups excluding carboxylic acids is 2. The van der Waals surface area contributed by atoms with Crippen LogP contribution in [0, 0.1) is 6.92 Å². The highest BCUT2D eigenvalue weighted by Gasteiger charge is 2.26. The van der Waals surface area contributed by atoms with E-state index in [4.69, 9.17) is 4.52 Å². The average molecular weight is 337 g/mol. The molecule has 8 nitrogen and oxygen atoms in total. The molecule has 24 heavy (non-hydrogen) atoms. The van der Waals surface area contributed by atoms with Crippen LogP contribution in [-0.4, -0.2) is 71.6 Å². The molecular formula is C16H27N5O3. The van der Waals surface area contributed by atoms with E-state index in [1.54, 1.807) is 13.0 Å². The van der Waals surface area contributed by atoms with Crippen molar-refractivity contribution >= 4 is 17.6 Å². The lowest BCUT2D eigenvalue weighted by Gasteiger charge is -2.37. The molecule has 1 aliphatic heterocycles. The molecule has 2 heterocycles.